The Balaban J connectivity index is 2.54. The maximum Gasteiger partial charge on any atom is 0.321 e. The summed E-state index contributed by atoms with van der Waals surface area (Å²) in [5.74, 6) is -0.842. The summed E-state index contributed by atoms with van der Waals surface area (Å²) in [6, 6.07) is -0.832. The number of thioether (sulfide) groups is 1. The minimum Gasteiger partial charge on any atom is -0.480 e. The number of carbonyl (C=O) groups is 1. The van der Waals surface area contributed by atoms with Crippen LogP contribution in [0.4, 0.5) is 0 Å². The molecule has 6 atom stereocenters. The van der Waals surface area contributed by atoms with Crippen molar-refractivity contribution in [1.82, 2.24) is 5.32 Å². The van der Waals surface area contributed by atoms with Gasteiger partial charge in [0.15, 0.2) is 0 Å². The van der Waals surface area contributed by atoms with Crippen molar-refractivity contribution in [2.45, 2.75) is 35.8 Å². The highest BCUT2D eigenvalue weighted by atomic mass is 32.2. The molecule has 1 aliphatic heterocycles. The Morgan fingerprint density at radius 2 is 1.89 bits per heavy atom. The van der Waals surface area contributed by atoms with Gasteiger partial charge in [0.25, 0.3) is 0 Å². The molecule has 0 spiro atoms. The lowest BCUT2D eigenvalue weighted by molar-refractivity contribution is -0.139. The van der Waals surface area contributed by atoms with Crippen molar-refractivity contribution in [2.75, 3.05) is 12.4 Å². The Labute approximate surface area is 107 Å². The topological polar surface area (TPSA) is 150 Å². The monoisotopic (exact) mass is 283 g/mol. The second-order valence-corrected chi connectivity index (χ2v) is 5.21. The maximum atomic E-state index is 10.7. The van der Waals surface area contributed by atoms with Gasteiger partial charge in [0.05, 0.1) is 12.0 Å². The minimum atomic E-state index is -1.71. The van der Waals surface area contributed by atoms with Crippen LogP contribution >= 0.6 is 11.8 Å². The SMILES string of the molecule is O=C(O)[C@@H]1CSC([C@H](O)[C@@H](O)[C@H](O)[C@H](O)CO)N1. The van der Waals surface area contributed by atoms with Crippen molar-refractivity contribution in [1.29, 1.82) is 0 Å². The molecule has 0 aromatic heterocycles. The van der Waals surface area contributed by atoms with Gasteiger partial charge in [-0.3, -0.25) is 10.1 Å². The molecule has 0 radical (unpaired) electrons. The molecule has 1 aliphatic rings. The second-order valence-electron chi connectivity index (χ2n) is 4.03. The van der Waals surface area contributed by atoms with Crippen molar-refractivity contribution in [3.8, 4) is 0 Å². The van der Waals surface area contributed by atoms with E-state index in [4.69, 9.17) is 15.3 Å². The molecule has 0 aromatic rings. The second kappa shape index (κ2) is 6.66. The van der Waals surface area contributed by atoms with Gasteiger partial charge in [0, 0.05) is 5.75 Å². The van der Waals surface area contributed by atoms with Gasteiger partial charge in [-0.25, -0.2) is 0 Å². The van der Waals surface area contributed by atoms with Crippen LogP contribution in [-0.4, -0.2) is 84.8 Å². The zero-order valence-electron chi connectivity index (χ0n) is 9.38. The first kappa shape index (κ1) is 15.6. The Kier molecular flexibility index (Phi) is 5.79. The summed E-state index contributed by atoms with van der Waals surface area (Å²) >= 11 is 1.09. The fourth-order valence-corrected chi connectivity index (χ4v) is 2.81. The van der Waals surface area contributed by atoms with E-state index in [2.05, 4.69) is 5.32 Å². The highest BCUT2D eigenvalue weighted by Crippen LogP contribution is 2.24. The number of hydrogen-bond donors (Lipinski definition) is 7. The van der Waals surface area contributed by atoms with Crippen molar-refractivity contribution in [2.24, 2.45) is 0 Å². The largest absolute Gasteiger partial charge is 0.480 e. The molecular formula is C9H17NO7S. The van der Waals surface area contributed by atoms with Crippen molar-refractivity contribution >= 4 is 17.7 Å². The van der Waals surface area contributed by atoms with Gasteiger partial charge in [-0.05, 0) is 0 Å². The van der Waals surface area contributed by atoms with Crippen molar-refractivity contribution in [3.05, 3.63) is 0 Å². The first-order chi connectivity index (χ1) is 8.38. The van der Waals surface area contributed by atoms with Crippen LogP contribution in [0.2, 0.25) is 0 Å². The molecule has 7 N–H and O–H groups in total. The first-order valence-corrected chi connectivity index (χ1v) is 6.37. The molecule has 18 heavy (non-hydrogen) atoms. The number of aliphatic hydroxyl groups is 5. The third-order valence-electron chi connectivity index (χ3n) is 2.70. The quantitative estimate of drug-likeness (QED) is 0.264. The molecule has 9 heteroatoms. The first-order valence-electron chi connectivity index (χ1n) is 5.32. The molecule has 1 fully saturated rings. The molecule has 1 heterocycles. The molecule has 1 unspecified atom stereocenters. The standard InChI is InChI=1S/C9H17NO7S/c11-1-4(12)5(13)6(14)7(15)8-10-3(2-18-8)9(16)17/h3-8,10-15H,1-2H2,(H,16,17)/t3-,4+,5+,6-,7+,8?/m0/s1. The number of rotatable bonds is 6. The number of aliphatic hydroxyl groups excluding tert-OH is 5. The van der Waals surface area contributed by atoms with E-state index in [-0.39, 0.29) is 5.75 Å². The van der Waals surface area contributed by atoms with Crippen molar-refractivity contribution in [3.63, 3.8) is 0 Å². The van der Waals surface area contributed by atoms with E-state index in [9.17, 15) is 20.1 Å². The molecular weight excluding hydrogens is 266 g/mol. The number of hydrogen-bond acceptors (Lipinski definition) is 8. The molecule has 8 nitrogen and oxygen atoms in total. The van der Waals surface area contributed by atoms with Gasteiger partial charge in [0.1, 0.15) is 30.5 Å². The van der Waals surface area contributed by atoms with Crippen LogP contribution in [0, 0.1) is 0 Å². The summed E-state index contributed by atoms with van der Waals surface area (Å²) in [5.41, 5.74) is 0. The lowest BCUT2D eigenvalue weighted by Crippen LogP contribution is -2.52. The van der Waals surface area contributed by atoms with Crippen LogP contribution in [0.5, 0.6) is 0 Å². The van der Waals surface area contributed by atoms with Gasteiger partial charge in [-0.2, -0.15) is 0 Å². The molecule has 0 bridgehead atoms. The van der Waals surface area contributed by atoms with Crippen LogP contribution in [0.15, 0.2) is 0 Å². The fourth-order valence-electron chi connectivity index (χ4n) is 1.55. The molecule has 1 rings (SSSR count). The van der Waals surface area contributed by atoms with E-state index in [0.29, 0.717) is 0 Å². The summed E-state index contributed by atoms with van der Waals surface area (Å²) in [5, 5.41) is 57.1. The smallest absolute Gasteiger partial charge is 0.321 e. The van der Waals surface area contributed by atoms with Gasteiger partial charge in [-0.15, -0.1) is 11.8 Å². The Hall–Kier alpha value is -0.420. The molecule has 0 saturated carbocycles. The molecule has 0 aromatic carbocycles. The van der Waals surface area contributed by atoms with E-state index in [0.717, 1.165) is 11.8 Å². The van der Waals surface area contributed by atoms with Gasteiger partial charge in [0.2, 0.25) is 0 Å². The van der Waals surface area contributed by atoms with E-state index < -0.39 is 48.4 Å². The molecule has 1 saturated heterocycles. The highest BCUT2D eigenvalue weighted by Gasteiger charge is 2.40. The maximum absolute atomic E-state index is 10.7. The summed E-state index contributed by atoms with van der Waals surface area (Å²) in [7, 11) is 0. The Morgan fingerprint density at radius 1 is 1.28 bits per heavy atom. The third kappa shape index (κ3) is 3.54. The van der Waals surface area contributed by atoms with E-state index in [1.807, 2.05) is 0 Å². The zero-order valence-corrected chi connectivity index (χ0v) is 10.2. The predicted molar refractivity (Wildman–Crippen MR) is 61.9 cm³/mol. The van der Waals surface area contributed by atoms with E-state index >= 15 is 0 Å². The summed E-state index contributed by atoms with van der Waals surface area (Å²) in [6.45, 7) is -0.756. The number of nitrogens with one attached hydrogen (secondary N) is 1. The van der Waals surface area contributed by atoms with E-state index in [1.165, 1.54) is 0 Å². The van der Waals surface area contributed by atoms with Crippen LogP contribution in [0.3, 0.4) is 0 Å². The highest BCUT2D eigenvalue weighted by molar-refractivity contribution is 8.00. The summed E-state index contributed by atoms with van der Waals surface area (Å²) < 4.78 is 0. The predicted octanol–water partition coefficient (Wildman–Crippen LogP) is -3.46. The number of carboxylic acids is 1. The van der Waals surface area contributed by atoms with Gasteiger partial charge in [-0.1, -0.05) is 0 Å². The summed E-state index contributed by atoms with van der Waals surface area (Å²) in [6.07, 6.45) is -6.44. The molecule has 0 aliphatic carbocycles. The zero-order chi connectivity index (χ0) is 13.9. The molecule has 0 amide bonds. The van der Waals surface area contributed by atoms with Crippen LogP contribution in [0.25, 0.3) is 0 Å². The molecule has 106 valence electrons. The number of aliphatic carboxylic acids is 1. The lowest BCUT2D eigenvalue weighted by Gasteiger charge is -2.28. The Bertz CT molecular complexity index is 292. The van der Waals surface area contributed by atoms with Crippen LogP contribution < -0.4 is 5.32 Å². The van der Waals surface area contributed by atoms with Gasteiger partial charge >= 0.3 is 5.97 Å². The average molecular weight is 283 g/mol. The van der Waals surface area contributed by atoms with Crippen LogP contribution in [-0.2, 0) is 4.79 Å². The lowest BCUT2D eigenvalue weighted by atomic mass is 10.0. The average Bonchev–Trinajstić information content (AvgIpc) is 2.84. The fraction of sp³-hybridized carbons (Fsp3) is 0.889. The number of carboxylic acid groups (broad SMARTS) is 1. The third-order valence-corrected chi connectivity index (χ3v) is 4.00. The van der Waals surface area contributed by atoms with Crippen molar-refractivity contribution < 1.29 is 35.4 Å². The summed E-state index contributed by atoms with van der Waals surface area (Å²) in [4.78, 5) is 10.7. The minimum absolute atomic E-state index is 0.225. The normalized spacial score (nSPS) is 30.7. The van der Waals surface area contributed by atoms with E-state index in [1.54, 1.807) is 0 Å². The van der Waals surface area contributed by atoms with Crippen LogP contribution in [0.1, 0.15) is 0 Å². The van der Waals surface area contributed by atoms with Gasteiger partial charge < -0.3 is 30.6 Å². The Morgan fingerprint density at radius 3 is 2.33 bits per heavy atom.